The summed E-state index contributed by atoms with van der Waals surface area (Å²) in [5.41, 5.74) is 3.98. The van der Waals surface area contributed by atoms with E-state index in [0.29, 0.717) is 12.1 Å². The molecule has 0 saturated heterocycles. The highest BCUT2D eigenvalue weighted by Gasteiger charge is 2.12. The van der Waals surface area contributed by atoms with Crippen LogP contribution in [0.25, 0.3) is 0 Å². The summed E-state index contributed by atoms with van der Waals surface area (Å²) < 4.78 is 0. The Kier molecular flexibility index (Phi) is 3.80. The van der Waals surface area contributed by atoms with Crippen LogP contribution in [0.4, 0.5) is 11.4 Å². The maximum atomic E-state index is 10.9. The van der Waals surface area contributed by atoms with Crippen molar-refractivity contribution in [2.24, 2.45) is 0 Å². The number of rotatable bonds is 4. The molecule has 4 heteroatoms. The van der Waals surface area contributed by atoms with E-state index < -0.39 is 0 Å². The summed E-state index contributed by atoms with van der Waals surface area (Å²) in [6, 6.07) is 13.3. The molecule has 2 aromatic carbocycles. The number of nitrogens with one attached hydrogen (secondary N) is 1. The zero-order valence-electron chi connectivity index (χ0n) is 11.0. The van der Waals surface area contributed by atoms with Crippen molar-refractivity contribution in [2.45, 2.75) is 20.4 Å². The quantitative estimate of drug-likeness (QED) is 0.668. The lowest BCUT2D eigenvalue weighted by molar-refractivity contribution is -0.385. The largest absolute Gasteiger partial charge is 0.381 e. The van der Waals surface area contributed by atoms with E-state index >= 15 is 0 Å². The van der Waals surface area contributed by atoms with Gasteiger partial charge in [0.05, 0.1) is 4.92 Å². The Labute approximate surface area is 112 Å². The second-order valence-electron chi connectivity index (χ2n) is 4.55. The van der Waals surface area contributed by atoms with Crippen LogP contribution in [0.3, 0.4) is 0 Å². The van der Waals surface area contributed by atoms with Gasteiger partial charge in [0.1, 0.15) is 0 Å². The van der Waals surface area contributed by atoms with Gasteiger partial charge >= 0.3 is 0 Å². The topological polar surface area (TPSA) is 55.2 Å². The summed E-state index contributed by atoms with van der Waals surface area (Å²) in [7, 11) is 0. The highest BCUT2D eigenvalue weighted by molar-refractivity contribution is 5.59. The molecule has 0 heterocycles. The van der Waals surface area contributed by atoms with E-state index in [1.165, 1.54) is 11.6 Å². The van der Waals surface area contributed by atoms with E-state index in [4.69, 9.17) is 0 Å². The standard InChI is InChI=1S/C15H16N2O2/c1-11-5-3-6-13(9-11)10-16-14-7-4-8-15(12(14)2)17(18)19/h3-9,16H,10H2,1-2H3. The number of hydrogen-bond donors (Lipinski definition) is 1. The number of hydrogen-bond acceptors (Lipinski definition) is 3. The number of benzene rings is 2. The third kappa shape index (κ3) is 3.10. The first-order valence-electron chi connectivity index (χ1n) is 6.11. The zero-order chi connectivity index (χ0) is 13.8. The molecule has 19 heavy (non-hydrogen) atoms. The molecule has 2 aromatic rings. The highest BCUT2D eigenvalue weighted by Crippen LogP contribution is 2.25. The monoisotopic (exact) mass is 256 g/mol. The Balaban J connectivity index is 2.16. The molecule has 0 spiro atoms. The van der Waals surface area contributed by atoms with E-state index in [9.17, 15) is 10.1 Å². The number of nitrogens with zero attached hydrogens (tertiary/aromatic N) is 1. The number of nitro groups is 1. The average Bonchev–Trinajstić information content (AvgIpc) is 2.37. The molecule has 0 bridgehead atoms. The SMILES string of the molecule is Cc1cccc(CNc2cccc([N+](=O)[O-])c2C)c1. The van der Waals surface area contributed by atoms with Gasteiger partial charge in [-0.2, -0.15) is 0 Å². The van der Waals surface area contributed by atoms with Crippen molar-refractivity contribution >= 4 is 11.4 Å². The number of nitro benzene ring substituents is 1. The van der Waals surface area contributed by atoms with E-state index in [0.717, 1.165) is 11.3 Å². The predicted octanol–water partition coefficient (Wildman–Crippen LogP) is 3.82. The summed E-state index contributed by atoms with van der Waals surface area (Å²) in [6.07, 6.45) is 0. The molecule has 0 atom stereocenters. The van der Waals surface area contributed by atoms with Gasteiger partial charge < -0.3 is 5.32 Å². The van der Waals surface area contributed by atoms with E-state index in [1.54, 1.807) is 13.0 Å². The van der Waals surface area contributed by atoms with Crippen LogP contribution in [0, 0.1) is 24.0 Å². The van der Waals surface area contributed by atoms with Crippen LogP contribution in [0.5, 0.6) is 0 Å². The fourth-order valence-corrected chi connectivity index (χ4v) is 2.03. The van der Waals surface area contributed by atoms with Crippen LogP contribution in [0.2, 0.25) is 0 Å². The van der Waals surface area contributed by atoms with Crippen molar-refractivity contribution < 1.29 is 4.92 Å². The Morgan fingerprint density at radius 2 is 1.89 bits per heavy atom. The van der Waals surface area contributed by atoms with Crippen LogP contribution >= 0.6 is 0 Å². The Hall–Kier alpha value is -2.36. The van der Waals surface area contributed by atoms with E-state index in [1.807, 2.05) is 31.2 Å². The van der Waals surface area contributed by atoms with Crippen molar-refractivity contribution in [1.82, 2.24) is 0 Å². The summed E-state index contributed by atoms with van der Waals surface area (Å²) in [5, 5.41) is 14.1. The van der Waals surface area contributed by atoms with Crippen LogP contribution in [0.15, 0.2) is 42.5 Å². The van der Waals surface area contributed by atoms with E-state index in [2.05, 4.69) is 11.4 Å². The van der Waals surface area contributed by atoms with Gasteiger partial charge in [-0.3, -0.25) is 10.1 Å². The molecule has 1 N–H and O–H groups in total. The smallest absolute Gasteiger partial charge is 0.274 e. The van der Waals surface area contributed by atoms with Gasteiger partial charge in [-0.25, -0.2) is 0 Å². The molecule has 98 valence electrons. The highest BCUT2D eigenvalue weighted by atomic mass is 16.6. The van der Waals surface area contributed by atoms with Gasteiger partial charge in [0.25, 0.3) is 5.69 Å². The minimum atomic E-state index is -0.354. The minimum absolute atomic E-state index is 0.147. The third-order valence-corrected chi connectivity index (χ3v) is 3.07. The van der Waals surface area contributed by atoms with Crippen molar-refractivity contribution in [3.63, 3.8) is 0 Å². The summed E-state index contributed by atoms with van der Waals surface area (Å²) >= 11 is 0. The van der Waals surface area contributed by atoms with Gasteiger partial charge in [-0.15, -0.1) is 0 Å². The second-order valence-corrected chi connectivity index (χ2v) is 4.55. The number of anilines is 1. The van der Waals surface area contributed by atoms with Crippen molar-refractivity contribution in [3.8, 4) is 0 Å². The van der Waals surface area contributed by atoms with Gasteiger partial charge in [0.15, 0.2) is 0 Å². The molecule has 2 rings (SSSR count). The maximum Gasteiger partial charge on any atom is 0.274 e. The normalized spacial score (nSPS) is 10.2. The predicted molar refractivity (Wildman–Crippen MR) is 76.3 cm³/mol. The fraction of sp³-hybridized carbons (Fsp3) is 0.200. The molecule has 0 aliphatic carbocycles. The summed E-state index contributed by atoms with van der Waals surface area (Å²) in [5.74, 6) is 0. The van der Waals surface area contributed by atoms with E-state index in [-0.39, 0.29) is 10.6 Å². The molecule has 0 aromatic heterocycles. The minimum Gasteiger partial charge on any atom is -0.381 e. The van der Waals surface area contributed by atoms with Crippen LogP contribution in [-0.4, -0.2) is 4.92 Å². The molecule has 4 nitrogen and oxygen atoms in total. The van der Waals surface area contributed by atoms with Crippen LogP contribution in [0.1, 0.15) is 16.7 Å². The van der Waals surface area contributed by atoms with Gasteiger partial charge in [-0.1, -0.05) is 35.9 Å². The zero-order valence-corrected chi connectivity index (χ0v) is 11.0. The van der Waals surface area contributed by atoms with Crippen LogP contribution < -0.4 is 5.32 Å². The Bertz CT molecular complexity index is 609. The molecule has 0 saturated carbocycles. The molecular weight excluding hydrogens is 240 g/mol. The second kappa shape index (κ2) is 5.52. The van der Waals surface area contributed by atoms with Crippen molar-refractivity contribution in [3.05, 3.63) is 69.3 Å². The lowest BCUT2D eigenvalue weighted by Crippen LogP contribution is -2.02. The first-order valence-corrected chi connectivity index (χ1v) is 6.11. The summed E-state index contributed by atoms with van der Waals surface area (Å²) in [4.78, 5) is 10.5. The average molecular weight is 256 g/mol. The third-order valence-electron chi connectivity index (χ3n) is 3.07. The molecule has 0 radical (unpaired) electrons. The molecule has 0 unspecified atom stereocenters. The molecular formula is C15H16N2O2. The fourth-order valence-electron chi connectivity index (χ4n) is 2.03. The van der Waals surface area contributed by atoms with Gasteiger partial charge in [0.2, 0.25) is 0 Å². The molecule has 0 fully saturated rings. The Morgan fingerprint density at radius 1 is 1.16 bits per heavy atom. The molecule has 0 aliphatic rings. The first kappa shape index (κ1) is 13.1. The first-order chi connectivity index (χ1) is 9.08. The molecule has 0 aliphatic heterocycles. The Morgan fingerprint density at radius 3 is 2.58 bits per heavy atom. The van der Waals surface area contributed by atoms with Crippen molar-refractivity contribution in [2.75, 3.05) is 5.32 Å². The van der Waals surface area contributed by atoms with Crippen LogP contribution in [-0.2, 0) is 6.54 Å². The van der Waals surface area contributed by atoms with Crippen molar-refractivity contribution in [1.29, 1.82) is 0 Å². The number of aryl methyl sites for hydroxylation is 1. The van der Waals surface area contributed by atoms with Gasteiger partial charge in [0, 0.05) is 23.9 Å². The summed E-state index contributed by atoms with van der Waals surface area (Å²) in [6.45, 7) is 4.46. The molecule has 0 amide bonds. The van der Waals surface area contributed by atoms with Gasteiger partial charge in [-0.05, 0) is 25.5 Å². The lowest BCUT2D eigenvalue weighted by Gasteiger charge is -2.10. The lowest BCUT2D eigenvalue weighted by atomic mass is 10.1. The maximum absolute atomic E-state index is 10.9.